The first-order valence-electron chi connectivity index (χ1n) is 30.7. The van der Waals surface area contributed by atoms with Crippen LogP contribution in [0.15, 0.2) is 24.3 Å². The summed E-state index contributed by atoms with van der Waals surface area (Å²) in [5.74, 6) is -0.181. The maximum atomic E-state index is 13.0. The zero-order valence-corrected chi connectivity index (χ0v) is 48.4. The first-order valence-corrected chi connectivity index (χ1v) is 32.2. The molecule has 0 aromatic rings. The lowest BCUT2D eigenvalue weighted by atomic mass is 10.0. The van der Waals surface area contributed by atoms with E-state index in [1.807, 2.05) is 27.2 Å². The Hall–Kier alpha value is -1.02. The van der Waals surface area contributed by atoms with E-state index in [2.05, 4.69) is 31.3 Å². The van der Waals surface area contributed by atoms with Crippen molar-refractivity contribution in [1.29, 1.82) is 0 Å². The molecule has 3 atom stereocenters. The minimum Gasteiger partial charge on any atom is -0.387 e. The molecule has 3 N–H and O–H groups in total. The van der Waals surface area contributed by atoms with E-state index in [-0.39, 0.29) is 19.1 Å². The summed E-state index contributed by atoms with van der Waals surface area (Å²) in [6, 6.07) is -0.859. The van der Waals surface area contributed by atoms with Gasteiger partial charge in [-0.25, -0.2) is 4.57 Å². The highest BCUT2D eigenvalue weighted by Crippen LogP contribution is 2.43. The Balaban J connectivity index is 3.96. The number of nitrogens with one attached hydrogen (secondary N) is 1. The van der Waals surface area contributed by atoms with Gasteiger partial charge in [-0.05, 0) is 32.1 Å². The number of allylic oxidation sites excluding steroid dienone is 3. The number of aliphatic hydroxyl groups excluding tert-OH is 1. The van der Waals surface area contributed by atoms with Gasteiger partial charge in [0.05, 0.1) is 39.9 Å². The van der Waals surface area contributed by atoms with Crippen molar-refractivity contribution in [1.82, 2.24) is 5.32 Å². The van der Waals surface area contributed by atoms with E-state index in [0.717, 1.165) is 38.5 Å². The topological polar surface area (TPSA) is 105 Å². The quantitative estimate of drug-likeness (QED) is 0.0243. The van der Waals surface area contributed by atoms with Crippen molar-refractivity contribution in [3.8, 4) is 0 Å². The van der Waals surface area contributed by atoms with Crippen molar-refractivity contribution in [3.05, 3.63) is 24.3 Å². The van der Waals surface area contributed by atoms with Gasteiger partial charge in [0.15, 0.2) is 0 Å². The molecule has 0 aliphatic rings. The van der Waals surface area contributed by atoms with Crippen LogP contribution >= 0.6 is 7.82 Å². The van der Waals surface area contributed by atoms with E-state index < -0.39 is 20.0 Å². The number of amides is 1. The van der Waals surface area contributed by atoms with Crippen molar-refractivity contribution in [3.63, 3.8) is 0 Å². The molecule has 0 spiro atoms. The zero-order valence-electron chi connectivity index (χ0n) is 47.5. The summed E-state index contributed by atoms with van der Waals surface area (Å²) in [7, 11) is 1.57. The fourth-order valence-corrected chi connectivity index (χ4v) is 10.1. The SMILES string of the molecule is CCCCCCCCCC/C=C/CC/C=C/C(O)C(COP(=O)(O)OCC[N+](C)(C)C)NC(=O)CCCCCCCCCCCCCCCCCCCCCCCCCCCCCCCCCCCC. The highest BCUT2D eigenvalue weighted by molar-refractivity contribution is 7.47. The second kappa shape index (κ2) is 52.8. The second-order valence-electron chi connectivity index (χ2n) is 22.4. The van der Waals surface area contributed by atoms with Crippen molar-refractivity contribution in [2.24, 2.45) is 0 Å². The molecule has 0 bridgehead atoms. The number of hydrogen-bond donors (Lipinski definition) is 3. The summed E-state index contributed by atoms with van der Waals surface area (Å²) in [5.41, 5.74) is 0. The van der Waals surface area contributed by atoms with E-state index in [1.165, 1.54) is 250 Å². The molecule has 0 radical (unpaired) electrons. The molecule has 0 aromatic carbocycles. The summed E-state index contributed by atoms with van der Waals surface area (Å²) in [5, 5.41) is 13.9. The fraction of sp³-hybridized carbons (Fsp3) is 0.918. The average molecular weight is 1010 g/mol. The van der Waals surface area contributed by atoms with Crippen LogP contribution in [0.2, 0.25) is 0 Å². The van der Waals surface area contributed by atoms with Gasteiger partial charge in [0.2, 0.25) is 5.91 Å². The van der Waals surface area contributed by atoms with E-state index in [1.54, 1.807) is 6.08 Å². The fourth-order valence-electron chi connectivity index (χ4n) is 9.36. The molecule has 0 aliphatic carbocycles. The van der Waals surface area contributed by atoms with Crippen molar-refractivity contribution >= 4 is 13.7 Å². The first kappa shape index (κ1) is 69.0. The predicted octanol–water partition coefficient (Wildman–Crippen LogP) is 18.8. The molecular weight excluding hydrogens is 888 g/mol. The average Bonchev–Trinajstić information content (AvgIpc) is 3.32. The number of carbonyl (C=O) groups excluding carboxylic acids is 1. The van der Waals surface area contributed by atoms with Crippen LogP contribution in [-0.4, -0.2) is 73.4 Å². The largest absolute Gasteiger partial charge is 0.472 e. The molecule has 0 rings (SSSR count). The Morgan fingerprint density at radius 2 is 0.786 bits per heavy atom. The molecule has 416 valence electrons. The van der Waals surface area contributed by atoms with Gasteiger partial charge in [0.25, 0.3) is 0 Å². The lowest BCUT2D eigenvalue weighted by Gasteiger charge is -2.25. The van der Waals surface area contributed by atoms with Gasteiger partial charge in [-0.3, -0.25) is 13.8 Å². The lowest BCUT2D eigenvalue weighted by molar-refractivity contribution is -0.870. The van der Waals surface area contributed by atoms with Crippen molar-refractivity contribution in [2.45, 2.75) is 321 Å². The lowest BCUT2D eigenvalue weighted by Crippen LogP contribution is -2.45. The van der Waals surface area contributed by atoms with E-state index >= 15 is 0 Å². The monoisotopic (exact) mass is 1010 g/mol. The van der Waals surface area contributed by atoms with Gasteiger partial charge in [-0.2, -0.15) is 0 Å². The molecule has 0 heterocycles. The molecule has 3 unspecified atom stereocenters. The molecule has 1 amide bonds. The number of hydrogen-bond acceptors (Lipinski definition) is 5. The zero-order chi connectivity index (χ0) is 51.3. The highest BCUT2D eigenvalue weighted by Gasteiger charge is 2.27. The number of aliphatic hydroxyl groups is 1. The van der Waals surface area contributed by atoms with Crippen LogP contribution in [0.3, 0.4) is 0 Å². The number of rotatable bonds is 57. The second-order valence-corrected chi connectivity index (χ2v) is 23.9. The summed E-state index contributed by atoms with van der Waals surface area (Å²) in [6.45, 7) is 4.83. The standard InChI is InChI=1S/C61H121N2O6P/c1-6-8-10-12-14-16-18-20-22-23-24-25-26-27-28-29-30-31-32-33-34-35-36-37-38-39-40-41-43-45-47-49-51-53-55-61(65)62-59(58-69-70(66,67)68-57-56-63(3,4)5)60(64)54-52-50-48-46-44-42-21-19-17-15-13-11-9-7-2/h44,46,52,54,59-60,64H,6-43,45,47-51,53,55-58H2,1-5H3,(H-,62,65,66,67)/p+1/b46-44+,54-52+. The van der Waals surface area contributed by atoms with Gasteiger partial charge in [-0.15, -0.1) is 0 Å². The van der Waals surface area contributed by atoms with Crippen LogP contribution in [0, 0.1) is 0 Å². The summed E-state index contributed by atoms with van der Waals surface area (Å²) in [4.78, 5) is 23.3. The normalized spacial score (nSPS) is 14.0. The maximum Gasteiger partial charge on any atom is 0.472 e. The minimum atomic E-state index is -4.35. The predicted molar refractivity (Wildman–Crippen MR) is 305 cm³/mol. The highest BCUT2D eigenvalue weighted by atomic mass is 31.2. The number of quaternary nitrogens is 1. The van der Waals surface area contributed by atoms with Gasteiger partial charge in [0, 0.05) is 6.42 Å². The summed E-state index contributed by atoms with van der Waals surface area (Å²) < 4.78 is 23.7. The van der Waals surface area contributed by atoms with Gasteiger partial charge in [-0.1, -0.05) is 295 Å². The minimum absolute atomic E-state index is 0.0586. The number of nitrogens with zero attached hydrogens (tertiary/aromatic N) is 1. The van der Waals surface area contributed by atoms with E-state index in [9.17, 15) is 19.4 Å². The Labute approximate surface area is 436 Å². The molecule has 8 nitrogen and oxygen atoms in total. The summed E-state index contributed by atoms with van der Waals surface area (Å²) >= 11 is 0. The van der Waals surface area contributed by atoms with Crippen LogP contribution in [-0.2, 0) is 18.4 Å². The molecule has 0 fully saturated rings. The van der Waals surface area contributed by atoms with E-state index in [0.29, 0.717) is 17.4 Å². The molecule has 70 heavy (non-hydrogen) atoms. The smallest absolute Gasteiger partial charge is 0.387 e. The number of phosphoric acid groups is 1. The van der Waals surface area contributed by atoms with Crippen LogP contribution in [0.1, 0.15) is 309 Å². The van der Waals surface area contributed by atoms with Crippen molar-refractivity contribution < 1.29 is 32.9 Å². The van der Waals surface area contributed by atoms with Gasteiger partial charge >= 0.3 is 7.82 Å². The van der Waals surface area contributed by atoms with Crippen molar-refractivity contribution in [2.75, 3.05) is 40.9 Å². The molecule has 0 saturated heterocycles. The van der Waals surface area contributed by atoms with Crippen LogP contribution in [0.4, 0.5) is 0 Å². The molecular formula is C61H122N2O6P+. The number of carbonyl (C=O) groups is 1. The maximum absolute atomic E-state index is 13.0. The molecule has 9 heteroatoms. The molecule has 0 saturated carbocycles. The van der Waals surface area contributed by atoms with Gasteiger partial charge in [0.1, 0.15) is 13.2 Å². The Bertz CT molecular complexity index is 1190. The molecule has 0 aromatic heterocycles. The summed E-state index contributed by atoms with van der Waals surface area (Å²) in [6.07, 6.45) is 67.5. The number of likely N-dealkylation sites (N-methyl/N-ethyl adjacent to an activating group) is 1. The van der Waals surface area contributed by atoms with Gasteiger partial charge < -0.3 is 19.8 Å². The first-order chi connectivity index (χ1) is 34.0. The van der Waals surface area contributed by atoms with Crippen LogP contribution in [0.25, 0.3) is 0 Å². The Morgan fingerprint density at radius 3 is 1.14 bits per heavy atom. The number of unbranched alkanes of at least 4 members (excludes halogenated alkanes) is 42. The van der Waals surface area contributed by atoms with E-state index in [4.69, 9.17) is 9.05 Å². The van der Waals surface area contributed by atoms with Crippen LogP contribution in [0.5, 0.6) is 0 Å². The van der Waals surface area contributed by atoms with Crippen LogP contribution < -0.4 is 5.32 Å². The third-order valence-electron chi connectivity index (χ3n) is 14.2. The third kappa shape index (κ3) is 54.7. The number of phosphoric ester groups is 1. The Kier molecular flexibility index (Phi) is 52.1. The molecule has 0 aliphatic heterocycles. The Morgan fingerprint density at radius 1 is 0.471 bits per heavy atom. The third-order valence-corrected chi connectivity index (χ3v) is 15.2.